The van der Waals surface area contributed by atoms with E-state index in [9.17, 15) is 4.79 Å². The molecule has 10 heteroatoms. The second-order valence-electron chi connectivity index (χ2n) is 8.14. The Morgan fingerprint density at radius 3 is 2.16 bits per heavy atom. The Morgan fingerprint density at radius 1 is 0.946 bits per heavy atom. The van der Waals surface area contributed by atoms with Gasteiger partial charge in [-0.2, -0.15) is 5.10 Å². The van der Waals surface area contributed by atoms with Crippen LogP contribution in [0.2, 0.25) is 0 Å². The van der Waals surface area contributed by atoms with E-state index in [-0.39, 0.29) is 11.7 Å². The fourth-order valence-corrected chi connectivity index (χ4v) is 4.20. The Labute approximate surface area is 220 Å². The summed E-state index contributed by atoms with van der Waals surface area (Å²) in [6.07, 6.45) is 1.61. The number of anilines is 1. The maximum absolute atomic E-state index is 12.5. The number of thioether (sulfide) groups is 1. The van der Waals surface area contributed by atoms with Crippen molar-refractivity contribution in [2.45, 2.75) is 5.16 Å². The molecule has 0 fully saturated rings. The van der Waals surface area contributed by atoms with Crippen molar-refractivity contribution in [3.63, 3.8) is 0 Å². The van der Waals surface area contributed by atoms with Gasteiger partial charge in [0.1, 0.15) is 11.5 Å². The number of hydrazone groups is 1. The average molecular weight is 517 g/mol. The average Bonchev–Trinajstić information content (AvgIpc) is 3.36. The molecule has 0 aliphatic rings. The van der Waals surface area contributed by atoms with E-state index in [4.69, 9.17) is 9.47 Å². The third-order valence-electron chi connectivity index (χ3n) is 5.46. The van der Waals surface area contributed by atoms with Crippen LogP contribution in [0.3, 0.4) is 0 Å². The van der Waals surface area contributed by atoms with Crippen molar-refractivity contribution in [3.05, 3.63) is 78.4 Å². The molecule has 0 bridgehead atoms. The molecule has 0 atom stereocenters. The first-order valence-corrected chi connectivity index (χ1v) is 12.4. The lowest BCUT2D eigenvalue weighted by Gasteiger charge is -2.11. The van der Waals surface area contributed by atoms with E-state index in [0.29, 0.717) is 11.0 Å². The second kappa shape index (κ2) is 12.1. The third kappa shape index (κ3) is 6.47. The molecule has 1 heterocycles. The van der Waals surface area contributed by atoms with Gasteiger partial charge in [-0.25, -0.2) is 5.43 Å². The van der Waals surface area contributed by atoms with Gasteiger partial charge >= 0.3 is 0 Å². The predicted molar refractivity (Wildman–Crippen MR) is 147 cm³/mol. The lowest BCUT2D eigenvalue weighted by molar-refractivity contribution is -0.118. The first-order chi connectivity index (χ1) is 18.0. The van der Waals surface area contributed by atoms with Gasteiger partial charge in [0.25, 0.3) is 5.91 Å². The molecule has 1 N–H and O–H groups in total. The number of methoxy groups -OCH3 is 2. The Morgan fingerprint density at radius 2 is 1.57 bits per heavy atom. The number of ether oxygens (including phenoxy) is 2. The zero-order valence-electron chi connectivity index (χ0n) is 21.1. The van der Waals surface area contributed by atoms with E-state index in [1.807, 2.05) is 96.4 Å². The lowest BCUT2D eigenvalue weighted by Crippen LogP contribution is -2.20. The van der Waals surface area contributed by atoms with E-state index in [1.165, 1.54) is 11.8 Å². The summed E-state index contributed by atoms with van der Waals surface area (Å²) in [7, 11) is 7.21. The van der Waals surface area contributed by atoms with Gasteiger partial charge in [-0.15, -0.1) is 10.2 Å². The summed E-state index contributed by atoms with van der Waals surface area (Å²) in [6.45, 7) is 0. The van der Waals surface area contributed by atoms with Crippen LogP contribution >= 0.6 is 11.8 Å². The fraction of sp³-hybridized carbons (Fsp3) is 0.185. The number of aromatic nitrogens is 3. The van der Waals surface area contributed by atoms with Crippen LogP contribution in [0.15, 0.2) is 83.1 Å². The van der Waals surface area contributed by atoms with Gasteiger partial charge in [0.05, 0.1) is 26.2 Å². The van der Waals surface area contributed by atoms with E-state index < -0.39 is 0 Å². The third-order valence-corrected chi connectivity index (χ3v) is 6.39. The van der Waals surface area contributed by atoms with Crippen molar-refractivity contribution in [1.82, 2.24) is 20.2 Å². The SMILES string of the molecule is COc1ccc(-c2nnc(SCC(=O)NN=Cc3ccc(N(C)C)cc3)n2-c2ccc(OC)cc2)cc1. The molecule has 0 aliphatic carbocycles. The lowest BCUT2D eigenvalue weighted by atomic mass is 10.2. The molecular weight excluding hydrogens is 488 g/mol. The molecule has 0 radical (unpaired) electrons. The molecule has 0 saturated heterocycles. The maximum Gasteiger partial charge on any atom is 0.250 e. The van der Waals surface area contributed by atoms with Gasteiger partial charge in [0, 0.05) is 31.0 Å². The normalized spacial score (nSPS) is 10.9. The van der Waals surface area contributed by atoms with Crippen molar-refractivity contribution in [1.29, 1.82) is 0 Å². The minimum atomic E-state index is -0.249. The molecule has 0 unspecified atom stereocenters. The first-order valence-electron chi connectivity index (χ1n) is 11.4. The minimum Gasteiger partial charge on any atom is -0.497 e. The van der Waals surface area contributed by atoms with Gasteiger partial charge in [0.2, 0.25) is 0 Å². The smallest absolute Gasteiger partial charge is 0.250 e. The predicted octanol–water partition coefficient (Wildman–Crippen LogP) is 4.26. The number of carbonyl (C=O) groups is 1. The molecule has 0 aliphatic heterocycles. The molecule has 1 amide bonds. The van der Waals surface area contributed by atoms with E-state index in [1.54, 1.807) is 20.4 Å². The summed E-state index contributed by atoms with van der Waals surface area (Å²) in [4.78, 5) is 14.5. The Bertz CT molecular complexity index is 1350. The van der Waals surface area contributed by atoms with Crippen LogP contribution in [-0.4, -0.2) is 61.0 Å². The number of hydrogen-bond donors (Lipinski definition) is 1. The molecule has 37 heavy (non-hydrogen) atoms. The highest BCUT2D eigenvalue weighted by Crippen LogP contribution is 2.29. The molecule has 0 spiro atoms. The number of carbonyl (C=O) groups excluding carboxylic acids is 1. The topological polar surface area (TPSA) is 93.9 Å². The van der Waals surface area contributed by atoms with Crippen LogP contribution in [0.1, 0.15) is 5.56 Å². The van der Waals surface area contributed by atoms with Crippen molar-refractivity contribution in [2.24, 2.45) is 5.10 Å². The Hall–Kier alpha value is -4.31. The Balaban J connectivity index is 1.49. The van der Waals surface area contributed by atoms with Crippen LogP contribution in [0.4, 0.5) is 5.69 Å². The van der Waals surface area contributed by atoms with Crippen molar-refractivity contribution >= 4 is 29.6 Å². The number of rotatable bonds is 10. The molecule has 4 aromatic rings. The van der Waals surface area contributed by atoms with Crippen LogP contribution in [0.5, 0.6) is 11.5 Å². The van der Waals surface area contributed by atoms with Crippen molar-refractivity contribution in [2.75, 3.05) is 39.0 Å². The molecule has 0 saturated carbocycles. The molecule has 9 nitrogen and oxygen atoms in total. The van der Waals surface area contributed by atoms with Crippen LogP contribution in [0.25, 0.3) is 17.1 Å². The van der Waals surface area contributed by atoms with E-state index >= 15 is 0 Å². The maximum atomic E-state index is 12.5. The largest absolute Gasteiger partial charge is 0.497 e. The highest BCUT2D eigenvalue weighted by Gasteiger charge is 2.17. The van der Waals surface area contributed by atoms with Crippen LogP contribution < -0.4 is 19.8 Å². The van der Waals surface area contributed by atoms with Crippen molar-refractivity contribution in [3.8, 4) is 28.6 Å². The highest BCUT2D eigenvalue weighted by atomic mass is 32.2. The minimum absolute atomic E-state index is 0.119. The number of nitrogens with one attached hydrogen (secondary N) is 1. The first kappa shape index (κ1) is 25.8. The second-order valence-corrected chi connectivity index (χ2v) is 9.08. The number of benzene rings is 3. The standard InChI is InChI=1S/C27H28N6O3S/c1-32(2)21-9-5-19(6-10-21)17-28-29-25(34)18-37-27-31-30-26(20-7-13-23(35-3)14-8-20)33(27)22-11-15-24(36-4)16-12-22/h5-17H,18H2,1-4H3,(H,29,34). The van der Waals surface area contributed by atoms with Crippen molar-refractivity contribution < 1.29 is 14.3 Å². The molecular formula is C27H28N6O3S. The zero-order chi connectivity index (χ0) is 26.2. The van der Waals surface area contributed by atoms with Crippen LogP contribution in [0, 0.1) is 0 Å². The quantitative estimate of drug-likeness (QED) is 0.191. The Kier molecular flexibility index (Phi) is 8.42. The summed E-state index contributed by atoms with van der Waals surface area (Å²) in [5.74, 6) is 2.01. The number of amides is 1. The van der Waals surface area contributed by atoms with E-state index in [2.05, 4.69) is 20.7 Å². The summed E-state index contributed by atoms with van der Waals surface area (Å²) in [6, 6.07) is 23.0. The summed E-state index contributed by atoms with van der Waals surface area (Å²) in [5, 5.41) is 13.4. The van der Waals surface area contributed by atoms with Gasteiger partial charge in [0.15, 0.2) is 11.0 Å². The van der Waals surface area contributed by atoms with Gasteiger partial charge < -0.3 is 14.4 Å². The summed E-state index contributed by atoms with van der Waals surface area (Å²) in [5.41, 5.74) is 6.27. The molecule has 1 aromatic heterocycles. The molecule has 3 aromatic carbocycles. The van der Waals surface area contributed by atoms with Gasteiger partial charge in [-0.3, -0.25) is 9.36 Å². The van der Waals surface area contributed by atoms with Gasteiger partial charge in [-0.1, -0.05) is 23.9 Å². The molecule has 4 rings (SSSR count). The monoisotopic (exact) mass is 516 g/mol. The fourth-order valence-electron chi connectivity index (χ4n) is 3.45. The summed E-state index contributed by atoms with van der Waals surface area (Å²) < 4.78 is 12.5. The zero-order valence-corrected chi connectivity index (χ0v) is 21.9. The highest BCUT2D eigenvalue weighted by molar-refractivity contribution is 7.99. The molecule has 190 valence electrons. The van der Waals surface area contributed by atoms with Crippen LogP contribution in [-0.2, 0) is 4.79 Å². The van der Waals surface area contributed by atoms with Gasteiger partial charge in [-0.05, 0) is 66.2 Å². The summed E-state index contributed by atoms with van der Waals surface area (Å²) >= 11 is 1.28. The van der Waals surface area contributed by atoms with E-state index in [0.717, 1.165) is 34.0 Å². The number of nitrogens with zero attached hydrogens (tertiary/aromatic N) is 5. The number of hydrogen-bond acceptors (Lipinski definition) is 8.